The summed E-state index contributed by atoms with van der Waals surface area (Å²) in [4.78, 5) is 30.4. The third-order valence-electron chi connectivity index (χ3n) is 4.89. The van der Waals surface area contributed by atoms with Crippen molar-refractivity contribution in [1.82, 2.24) is 14.9 Å². The maximum atomic E-state index is 13.1. The molecule has 0 aliphatic heterocycles. The highest BCUT2D eigenvalue weighted by Gasteiger charge is 2.15. The molecule has 0 atom stereocenters. The largest absolute Gasteiger partial charge is 0.354 e. The van der Waals surface area contributed by atoms with Crippen LogP contribution in [0, 0.1) is 5.92 Å². The van der Waals surface area contributed by atoms with E-state index >= 15 is 0 Å². The zero-order valence-electron chi connectivity index (χ0n) is 17.0. The summed E-state index contributed by atoms with van der Waals surface area (Å²) in [5.41, 5.74) is 3.89. The summed E-state index contributed by atoms with van der Waals surface area (Å²) in [6, 6.07) is 18.3. The van der Waals surface area contributed by atoms with Gasteiger partial charge in [0.2, 0.25) is 5.91 Å². The number of fused-ring (bicyclic) bond motifs is 1. The molecule has 5 nitrogen and oxygen atoms in total. The molecular weight excluding hydrogens is 394 g/mol. The molecule has 0 aliphatic carbocycles. The van der Waals surface area contributed by atoms with Crippen molar-refractivity contribution >= 4 is 27.5 Å². The van der Waals surface area contributed by atoms with Crippen LogP contribution in [0.2, 0.25) is 0 Å². The van der Waals surface area contributed by atoms with Crippen LogP contribution in [0.5, 0.6) is 0 Å². The lowest BCUT2D eigenvalue weighted by atomic mass is 10.0. The summed E-state index contributed by atoms with van der Waals surface area (Å²) in [6.07, 6.45) is 1.46. The van der Waals surface area contributed by atoms with Crippen LogP contribution >= 0.6 is 11.3 Å². The van der Waals surface area contributed by atoms with Crippen molar-refractivity contribution in [3.05, 3.63) is 76.7 Å². The summed E-state index contributed by atoms with van der Waals surface area (Å²) in [7, 11) is 0. The molecule has 4 aromatic rings. The van der Waals surface area contributed by atoms with Gasteiger partial charge >= 0.3 is 0 Å². The molecule has 2 aromatic carbocycles. The molecule has 6 heteroatoms. The van der Waals surface area contributed by atoms with Crippen LogP contribution in [0.25, 0.3) is 32.5 Å². The second-order valence-electron chi connectivity index (χ2n) is 7.65. The van der Waals surface area contributed by atoms with Crippen molar-refractivity contribution in [1.29, 1.82) is 0 Å². The van der Waals surface area contributed by atoms with Gasteiger partial charge < -0.3 is 5.32 Å². The minimum absolute atomic E-state index is 0.0310. The van der Waals surface area contributed by atoms with Gasteiger partial charge in [0.05, 0.1) is 11.7 Å². The molecule has 0 bridgehead atoms. The van der Waals surface area contributed by atoms with Crippen molar-refractivity contribution in [2.75, 3.05) is 6.54 Å². The number of thiophene rings is 1. The average Bonchev–Trinajstić information content (AvgIpc) is 3.20. The van der Waals surface area contributed by atoms with Gasteiger partial charge in [0.25, 0.3) is 5.56 Å². The van der Waals surface area contributed by atoms with Crippen molar-refractivity contribution in [3.8, 4) is 22.3 Å². The molecule has 1 N–H and O–H groups in total. The van der Waals surface area contributed by atoms with E-state index in [1.165, 1.54) is 22.2 Å². The number of aromatic nitrogens is 2. The summed E-state index contributed by atoms with van der Waals surface area (Å²) < 4.78 is 1.38. The van der Waals surface area contributed by atoms with Crippen LogP contribution in [0.1, 0.15) is 13.8 Å². The normalized spacial score (nSPS) is 11.2. The molecule has 0 saturated carbocycles. The van der Waals surface area contributed by atoms with Gasteiger partial charge in [-0.1, -0.05) is 68.4 Å². The van der Waals surface area contributed by atoms with E-state index in [-0.39, 0.29) is 18.0 Å². The molecule has 1 amide bonds. The predicted molar refractivity (Wildman–Crippen MR) is 123 cm³/mol. The number of carbonyl (C=O) groups is 1. The smallest absolute Gasteiger partial charge is 0.263 e. The lowest BCUT2D eigenvalue weighted by molar-refractivity contribution is -0.121. The highest BCUT2D eigenvalue weighted by molar-refractivity contribution is 7.17. The molecule has 0 radical (unpaired) electrons. The monoisotopic (exact) mass is 417 g/mol. The number of amides is 1. The topological polar surface area (TPSA) is 64.0 Å². The Kier molecular flexibility index (Phi) is 5.77. The van der Waals surface area contributed by atoms with E-state index in [4.69, 9.17) is 0 Å². The Balaban J connectivity index is 1.65. The maximum Gasteiger partial charge on any atom is 0.263 e. The molecule has 0 unspecified atom stereocenters. The van der Waals surface area contributed by atoms with Crippen LogP contribution in [-0.4, -0.2) is 22.0 Å². The van der Waals surface area contributed by atoms with Gasteiger partial charge in [0.1, 0.15) is 11.4 Å². The fourth-order valence-corrected chi connectivity index (χ4v) is 4.20. The van der Waals surface area contributed by atoms with Gasteiger partial charge in [0.15, 0.2) is 0 Å². The fourth-order valence-electron chi connectivity index (χ4n) is 3.29. The van der Waals surface area contributed by atoms with E-state index in [2.05, 4.69) is 34.6 Å². The van der Waals surface area contributed by atoms with Crippen molar-refractivity contribution in [2.45, 2.75) is 20.4 Å². The van der Waals surface area contributed by atoms with E-state index < -0.39 is 0 Å². The Morgan fingerprint density at radius 1 is 1.03 bits per heavy atom. The van der Waals surface area contributed by atoms with E-state index in [0.29, 0.717) is 22.7 Å². The van der Waals surface area contributed by atoms with Gasteiger partial charge in [-0.25, -0.2) is 4.98 Å². The molecule has 0 aliphatic rings. The van der Waals surface area contributed by atoms with Crippen LogP contribution < -0.4 is 10.9 Å². The van der Waals surface area contributed by atoms with E-state index in [1.54, 1.807) is 0 Å². The Hall–Kier alpha value is -3.25. The van der Waals surface area contributed by atoms with Gasteiger partial charge in [0, 0.05) is 17.5 Å². The molecule has 0 saturated heterocycles. The van der Waals surface area contributed by atoms with Gasteiger partial charge in [-0.05, 0) is 22.6 Å². The predicted octanol–water partition coefficient (Wildman–Crippen LogP) is 4.56. The molecular formula is C24H23N3O2S. The number of hydrogen-bond donors (Lipinski definition) is 1. The minimum Gasteiger partial charge on any atom is -0.354 e. The number of benzene rings is 2. The second-order valence-corrected chi connectivity index (χ2v) is 8.51. The first-order chi connectivity index (χ1) is 14.5. The average molecular weight is 418 g/mol. The van der Waals surface area contributed by atoms with E-state index in [1.807, 2.05) is 49.6 Å². The zero-order valence-corrected chi connectivity index (χ0v) is 17.8. The summed E-state index contributed by atoms with van der Waals surface area (Å²) in [5.74, 6) is 0.171. The van der Waals surface area contributed by atoms with Crippen LogP contribution in [0.3, 0.4) is 0 Å². The first-order valence-corrected chi connectivity index (χ1v) is 10.8. The zero-order chi connectivity index (χ0) is 21.1. The highest BCUT2D eigenvalue weighted by atomic mass is 32.1. The summed E-state index contributed by atoms with van der Waals surface area (Å²) in [6.45, 7) is 4.61. The van der Waals surface area contributed by atoms with Crippen LogP contribution in [0.15, 0.2) is 71.1 Å². The molecule has 2 aromatic heterocycles. The third kappa shape index (κ3) is 4.19. The first kappa shape index (κ1) is 20.0. The molecule has 30 heavy (non-hydrogen) atoms. The van der Waals surface area contributed by atoms with Crippen molar-refractivity contribution in [2.24, 2.45) is 5.92 Å². The lowest BCUT2D eigenvalue weighted by Crippen LogP contribution is -2.34. The van der Waals surface area contributed by atoms with E-state index in [0.717, 1.165) is 22.3 Å². The number of rotatable bonds is 6. The Labute approximate surface area is 179 Å². The van der Waals surface area contributed by atoms with Gasteiger partial charge in [-0.15, -0.1) is 11.3 Å². The Bertz CT molecular complexity index is 1230. The molecule has 152 valence electrons. The SMILES string of the molecule is CC(C)CNC(=O)Cn1cnc2scc(-c3ccc(-c4ccccc4)cc3)c2c1=O. The first-order valence-electron chi connectivity index (χ1n) is 9.92. The lowest BCUT2D eigenvalue weighted by Gasteiger charge is -2.09. The second kappa shape index (κ2) is 8.63. The maximum absolute atomic E-state index is 13.1. The summed E-state index contributed by atoms with van der Waals surface area (Å²) >= 11 is 1.44. The van der Waals surface area contributed by atoms with Crippen molar-refractivity contribution < 1.29 is 4.79 Å². The summed E-state index contributed by atoms with van der Waals surface area (Å²) in [5, 5.41) is 5.36. The quantitative estimate of drug-likeness (QED) is 0.500. The minimum atomic E-state index is -0.192. The Morgan fingerprint density at radius 3 is 2.40 bits per heavy atom. The van der Waals surface area contributed by atoms with Gasteiger partial charge in [-0.3, -0.25) is 14.2 Å². The van der Waals surface area contributed by atoms with Crippen LogP contribution in [0.4, 0.5) is 0 Å². The van der Waals surface area contributed by atoms with Crippen molar-refractivity contribution in [3.63, 3.8) is 0 Å². The number of nitrogens with zero attached hydrogens (tertiary/aromatic N) is 2. The van der Waals surface area contributed by atoms with Crippen LogP contribution in [-0.2, 0) is 11.3 Å². The molecule has 0 spiro atoms. The number of nitrogens with one attached hydrogen (secondary N) is 1. The fraction of sp³-hybridized carbons (Fsp3) is 0.208. The third-order valence-corrected chi connectivity index (χ3v) is 5.77. The highest BCUT2D eigenvalue weighted by Crippen LogP contribution is 2.32. The standard InChI is InChI=1S/C24H23N3O2S/c1-16(2)12-25-21(28)13-27-15-26-23-22(24(27)29)20(14-30-23)19-10-8-18(9-11-19)17-6-4-3-5-7-17/h3-11,14-16H,12-13H2,1-2H3,(H,25,28). The van der Waals surface area contributed by atoms with E-state index in [9.17, 15) is 9.59 Å². The molecule has 2 heterocycles. The molecule has 4 rings (SSSR count). The number of carbonyl (C=O) groups excluding carboxylic acids is 1. The number of hydrogen-bond acceptors (Lipinski definition) is 4. The Morgan fingerprint density at radius 2 is 1.70 bits per heavy atom. The molecule has 0 fully saturated rings. The van der Waals surface area contributed by atoms with Gasteiger partial charge in [-0.2, -0.15) is 0 Å².